The molecule has 3 nitrogen and oxygen atoms in total. The Morgan fingerprint density at radius 3 is 2.36 bits per heavy atom. The van der Waals surface area contributed by atoms with Gasteiger partial charge in [0, 0.05) is 19.5 Å². The van der Waals surface area contributed by atoms with Crippen molar-refractivity contribution in [3.8, 4) is 0 Å². The van der Waals surface area contributed by atoms with E-state index >= 15 is 0 Å². The van der Waals surface area contributed by atoms with E-state index in [-0.39, 0.29) is 43.6 Å². The van der Waals surface area contributed by atoms with E-state index in [0.717, 1.165) is 19.4 Å². The number of carbonyl (C=O) groups excluding carboxylic acids is 1. The maximum absolute atomic E-state index is 11.3. The molecule has 14 heavy (non-hydrogen) atoms. The summed E-state index contributed by atoms with van der Waals surface area (Å²) in [6, 6.07) is 0. The van der Waals surface area contributed by atoms with Crippen molar-refractivity contribution in [2.75, 3.05) is 6.54 Å². The molecule has 0 N–H and O–H groups in total. The summed E-state index contributed by atoms with van der Waals surface area (Å²) in [5, 5.41) is 0. The Balaban J connectivity index is 0. The van der Waals surface area contributed by atoms with Crippen LogP contribution in [0.4, 0.5) is 4.79 Å². The van der Waals surface area contributed by atoms with Crippen molar-refractivity contribution >= 4 is 18.5 Å². The van der Waals surface area contributed by atoms with Crippen molar-refractivity contribution < 1.29 is 29.0 Å². The molecular weight excluding hydrogens is 255 g/mol. The van der Waals surface area contributed by atoms with E-state index < -0.39 is 0 Å². The number of hydrogen-bond acceptors (Lipinski definition) is 2. The van der Waals surface area contributed by atoms with Gasteiger partial charge < -0.3 is 9.64 Å². The van der Waals surface area contributed by atoms with Gasteiger partial charge in [0.25, 0.3) is 0 Å². The van der Waals surface area contributed by atoms with Crippen molar-refractivity contribution in [3.63, 3.8) is 0 Å². The smallest absolute Gasteiger partial charge is 0.380 e. The predicted molar refractivity (Wildman–Crippen MR) is 53.7 cm³/mol. The van der Waals surface area contributed by atoms with E-state index in [1.807, 2.05) is 27.3 Å². The van der Waals surface area contributed by atoms with E-state index in [1.54, 1.807) is 4.90 Å². The van der Waals surface area contributed by atoms with Crippen molar-refractivity contribution in [2.45, 2.75) is 39.2 Å². The molecule has 0 bridgehead atoms. The normalized spacial score (nSPS) is 15.5. The van der Waals surface area contributed by atoms with Crippen LogP contribution in [-0.2, 0) is 24.2 Å². The Hall–Kier alpha value is 0.183. The van der Waals surface area contributed by atoms with Gasteiger partial charge in [-0.3, -0.25) is 0 Å². The Morgan fingerprint density at radius 1 is 1.43 bits per heavy atom. The van der Waals surface area contributed by atoms with Gasteiger partial charge in [-0.25, -0.2) is 11.3 Å². The first-order valence-corrected chi connectivity index (χ1v) is 4.32. The van der Waals surface area contributed by atoms with Gasteiger partial charge in [0.2, 0.25) is 0 Å². The average molecular weight is 272 g/mol. The van der Waals surface area contributed by atoms with E-state index in [4.69, 9.17) is 4.74 Å². The quantitative estimate of drug-likeness (QED) is 0.501. The SMILES string of the molecule is CC(C)(C)OC(=O)N1[CH-]CCC1.Cl.[Zn]. The van der Waals surface area contributed by atoms with Crippen LogP contribution in [0.15, 0.2) is 0 Å². The Labute approximate surface area is 105 Å². The number of halogens is 1. The Morgan fingerprint density at radius 2 is 2.00 bits per heavy atom. The molecule has 0 saturated carbocycles. The van der Waals surface area contributed by atoms with Crippen LogP contribution >= 0.6 is 12.4 Å². The number of nitrogens with zero attached hydrogens (tertiary/aromatic N) is 1. The molecule has 0 aromatic heterocycles. The summed E-state index contributed by atoms with van der Waals surface area (Å²) in [5.41, 5.74) is -0.381. The minimum atomic E-state index is -0.381. The average Bonchev–Trinajstić information content (AvgIpc) is 2.32. The monoisotopic (exact) mass is 270 g/mol. The van der Waals surface area contributed by atoms with Gasteiger partial charge in [-0.2, -0.15) is 6.42 Å². The molecule has 1 saturated heterocycles. The number of rotatable bonds is 0. The molecule has 1 amide bonds. The topological polar surface area (TPSA) is 29.5 Å². The molecule has 1 rings (SSSR count). The Kier molecular flexibility index (Phi) is 7.86. The third kappa shape index (κ3) is 5.82. The molecule has 0 spiro atoms. The summed E-state index contributed by atoms with van der Waals surface area (Å²) in [4.78, 5) is 13.0. The van der Waals surface area contributed by atoms with Crippen molar-refractivity contribution in [1.29, 1.82) is 0 Å². The van der Waals surface area contributed by atoms with E-state index in [2.05, 4.69) is 0 Å². The molecule has 0 aliphatic carbocycles. The fourth-order valence-electron chi connectivity index (χ4n) is 1.09. The number of hydrogen-bond donors (Lipinski definition) is 0. The summed E-state index contributed by atoms with van der Waals surface area (Å²) in [7, 11) is 0. The summed E-state index contributed by atoms with van der Waals surface area (Å²) >= 11 is 0. The maximum Gasteiger partial charge on any atom is 0.380 e. The molecular formula is C9H17ClNO2Zn-. The fourth-order valence-corrected chi connectivity index (χ4v) is 1.09. The van der Waals surface area contributed by atoms with E-state index in [0.29, 0.717) is 0 Å². The van der Waals surface area contributed by atoms with Crippen LogP contribution < -0.4 is 0 Å². The summed E-state index contributed by atoms with van der Waals surface area (Å²) in [6.07, 6.45) is 1.82. The van der Waals surface area contributed by atoms with E-state index in [9.17, 15) is 4.79 Å². The second-order valence-electron chi connectivity index (χ2n) is 4.00. The molecule has 1 fully saturated rings. The molecule has 1 aliphatic heterocycles. The van der Waals surface area contributed by atoms with Crippen LogP contribution in [0.3, 0.4) is 0 Å². The molecule has 0 aromatic carbocycles. The predicted octanol–water partition coefficient (Wildman–Crippen LogP) is 2.60. The van der Waals surface area contributed by atoms with Gasteiger partial charge >= 0.3 is 6.09 Å². The van der Waals surface area contributed by atoms with Crippen LogP contribution in [0.25, 0.3) is 0 Å². The zero-order valence-electron chi connectivity index (χ0n) is 9.08. The van der Waals surface area contributed by atoms with E-state index in [1.165, 1.54) is 0 Å². The third-order valence-electron chi connectivity index (χ3n) is 1.58. The zero-order valence-corrected chi connectivity index (χ0v) is 12.9. The zero-order chi connectivity index (χ0) is 9.19. The van der Waals surface area contributed by atoms with Gasteiger partial charge in [0.15, 0.2) is 0 Å². The molecule has 5 heteroatoms. The van der Waals surface area contributed by atoms with Crippen molar-refractivity contribution in [2.24, 2.45) is 0 Å². The van der Waals surface area contributed by atoms with Gasteiger partial charge in [-0.1, -0.05) is 6.42 Å². The standard InChI is InChI=1S/C9H16NO2.ClH.Zn/c1-9(2,3)12-8(11)10-6-4-5-7-10;;/h6H,4-5,7H2,1-3H3;1H;/q-1;;. The minimum Gasteiger partial charge on any atom is -0.458 e. The third-order valence-corrected chi connectivity index (χ3v) is 1.58. The van der Waals surface area contributed by atoms with Gasteiger partial charge in [-0.15, -0.1) is 12.4 Å². The fraction of sp³-hybridized carbons (Fsp3) is 0.778. The molecule has 80 valence electrons. The summed E-state index contributed by atoms with van der Waals surface area (Å²) in [6.45, 7) is 8.33. The summed E-state index contributed by atoms with van der Waals surface area (Å²) < 4.78 is 5.18. The van der Waals surface area contributed by atoms with Crippen molar-refractivity contribution in [3.05, 3.63) is 6.54 Å². The van der Waals surface area contributed by atoms with Gasteiger partial charge in [-0.05, 0) is 27.3 Å². The number of likely N-dealkylation sites (tertiary alicyclic amines) is 1. The first-order valence-electron chi connectivity index (χ1n) is 4.32. The minimum absolute atomic E-state index is 0. The number of carbonyl (C=O) groups is 1. The molecule has 1 aliphatic rings. The second kappa shape index (κ2) is 6.63. The number of amides is 1. The van der Waals surface area contributed by atoms with Gasteiger partial charge in [0.1, 0.15) is 5.60 Å². The van der Waals surface area contributed by atoms with Crippen molar-refractivity contribution in [1.82, 2.24) is 4.90 Å². The van der Waals surface area contributed by atoms with Gasteiger partial charge in [0.05, 0.1) is 0 Å². The molecule has 0 atom stereocenters. The molecule has 0 unspecified atom stereocenters. The first kappa shape index (κ1) is 16.6. The largest absolute Gasteiger partial charge is 0.458 e. The number of ether oxygens (including phenoxy) is 1. The molecule has 0 radical (unpaired) electrons. The summed E-state index contributed by atoms with van der Waals surface area (Å²) in [5.74, 6) is 0. The van der Waals surface area contributed by atoms with Crippen LogP contribution in [0, 0.1) is 6.54 Å². The molecule has 1 heterocycles. The van der Waals surface area contributed by atoms with Crippen LogP contribution in [0.5, 0.6) is 0 Å². The van der Waals surface area contributed by atoms with Crippen LogP contribution in [0.2, 0.25) is 0 Å². The van der Waals surface area contributed by atoms with Crippen LogP contribution in [-0.4, -0.2) is 23.1 Å². The maximum atomic E-state index is 11.3. The van der Waals surface area contributed by atoms with Crippen LogP contribution in [0.1, 0.15) is 33.6 Å². The Bertz CT molecular complexity index is 176. The molecule has 0 aromatic rings. The first-order chi connectivity index (χ1) is 5.49. The second-order valence-corrected chi connectivity index (χ2v) is 4.00.